The van der Waals surface area contributed by atoms with Crippen molar-refractivity contribution in [2.75, 3.05) is 40.5 Å². The van der Waals surface area contributed by atoms with Crippen molar-refractivity contribution in [1.29, 1.82) is 0 Å². The minimum absolute atomic E-state index is 0.405. The van der Waals surface area contributed by atoms with Gasteiger partial charge in [-0.15, -0.1) is 0 Å². The molecule has 14 heavy (non-hydrogen) atoms. The maximum Gasteiger partial charge on any atom is 0.0587 e. The first-order valence-corrected chi connectivity index (χ1v) is 5.52. The van der Waals surface area contributed by atoms with Gasteiger partial charge in [0, 0.05) is 32.7 Å². The Morgan fingerprint density at radius 2 is 1.86 bits per heavy atom. The molecule has 3 heteroatoms. The summed E-state index contributed by atoms with van der Waals surface area (Å²) in [6.07, 6.45) is 5.33. The molecule has 0 atom stereocenters. The first kappa shape index (κ1) is 12.0. The van der Waals surface area contributed by atoms with Gasteiger partial charge in [-0.25, -0.2) is 0 Å². The standard InChI is InChI=1S/C11H23NO2/c1-13-8-7-12-9-11(10-14-2)5-3-4-6-11/h12H,3-10H2,1-2H3. The monoisotopic (exact) mass is 201 g/mol. The van der Waals surface area contributed by atoms with Crippen LogP contribution in [0.2, 0.25) is 0 Å². The van der Waals surface area contributed by atoms with E-state index >= 15 is 0 Å². The summed E-state index contributed by atoms with van der Waals surface area (Å²) in [6.45, 7) is 3.71. The molecule has 0 radical (unpaired) electrons. The van der Waals surface area contributed by atoms with E-state index in [0.29, 0.717) is 5.41 Å². The SMILES string of the molecule is COCCNCC1(COC)CCCC1. The molecule has 1 saturated carbocycles. The fraction of sp³-hybridized carbons (Fsp3) is 1.00. The van der Waals surface area contributed by atoms with E-state index in [1.807, 2.05) is 0 Å². The highest BCUT2D eigenvalue weighted by atomic mass is 16.5. The number of methoxy groups -OCH3 is 2. The lowest BCUT2D eigenvalue weighted by atomic mass is 9.87. The fourth-order valence-electron chi connectivity index (χ4n) is 2.33. The maximum absolute atomic E-state index is 5.31. The van der Waals surface area contributed by atoms with Crippen LogP contribution in [0.1, 0.15) is 25.7 Å². The molecule has 0 aromatic rings. The predicted octanol–water partition coefficient (Wildman–Crippen LogP) is 1.43. The maximum atomic E-state index is 5.31. The van der Waals surface area contributed by atoms with Gasteiger partial charge in [0.15, 0.2) is 0 Å². The van der Waals surface area contributed by atoms with Crippen LogP contribution in [0.4, 0.5) is 0 Å². The summed E-state index contributed by atoms with van der Waals surface area (Å²) in [6, 6.07) is 0. The minimum Gasteiger partial charge on any atom is -0.384 e. The molecule has 0 bridgehead atoms. The van der Waals surface area contributed by atoms with E-state index in [4.69, 9.17) is 9.47 Å². The van der Waals surface area contributed by atoms with Gasteiger partial charge in [-0.1, -0.05) is 12.8 Å². The van der Waals surface area contributed by atoms with E-state index in [1.165, 1.54) is 25.7 Å². The Kier molecular flexibility index (Phi) is 5.45. The number of hydrogen-bond acceptors (Lipinski definition) is 3. The van der Waals surface area contributed by atoms with Crippen molar-refractivity contribution in [3.63, 3.8) is 0 Å². The lowest BCUT2D eigenvalue weighted by Gasteiger charge is -2.28. The molecule has 0 aromatic carbocycles. The van der Waals surface area contributed by atoms with Crippen molar-refractivity contribution in [3.8, 4) is 0 Å². The van der Waals surface area contributed by atoms with Crippen molar-refractivity contribution < 1.29 is 9.47 Å². The molecule has 0 amide bonds. The molecule has 0 saturated heterocycles. The van der Waals surface area contributed by atoms with Crippen LogP contribution in [0, 0.1) is 5.41 Å². The van der Waals surface area contributed by atoms with Gasteiger partial charge >= 0.3 is 0 Å². The Labute approximate surface area is 87.2 Å². The molecular weight excluding hydrogens is 178 g/mol. The van der Waals surface area contributed by atoms with E-state index in [-0.39, 0.29) is 0 Å². The first-order chi connectivity index (χ1) is 6.83. The number of rotatable bonds is 7. The minimum atomic E-state index is 0.405. The Morgan fingerprint density at radius 1 is 1.14 bits per heavy atom. The average molecular weight is 201 g/mol. The Bertz CT molecular complexity index is 144. The first-order valence-electron chi connectivity index (χ1n) is 5.52. The number of ether oxygens (including phenoxy) is 2. The molecule has 1 rings (SSSR count). The zero-order valence-electron chi connectivity index (χ0n) is 9.47. The summed E-state index contributed by atoms with van der Waals surface area (Å²) < 4.78 is 10.3. The van der Waals surface area contributed by atoms with Crippen LogP contribution in [0.3, 0.4) is 0 Å². The van der Waals surface area contributed by atoms with Gasteiger partial charge in [-0.05, 0) is 12.8 Å². The molecule has 1 aliphatic carbocycles. The fourth-order valence-corrected chi connectivity index (χ4v) is 2.33. The predicted molar refractivity (Wildman–Crippen MR) is 57.5 cm³/mol. The lowest BCUT2D eigenvalue weighted by Crippen LogP contribution is -2.37. The van der Waals surface area contributed by atoms with Gasteiger partial charge in [0.2, 0.25) is 0 Å². The number of nitrogens with one attached hydrogen (secondary N) is 1. The Morgan fingerprint density at radius 3 is 2.43 bits per heavy atom. The summed E-state index contributed by atoms with van der Waals surface area (Å²) in [5.41, 5.74) is 0.405. The molecular formula is C11H23NO2. The molecule has 1 N–H and O–H groups in total. The van der Waals surface area contributed by atoms with Gasteiger partial charge in [0.25, 0.3) is 0 Å². The second-order valence-corrected chi connectivity index (χ2v) is 4.31. The van der Waals surface area contributed by atoms with Crippen LogP contribution in [-0.2, 0) is 9.47 Å². The topological polar surface area (TPSA) is 30.5 Å². The molecule has 84 valence electrons. The summed E-state index contributed by atoms with van der Waals surface area (Å²) in [5.74, 6) is 0. The van der Waals surface area contributed by atoms with Gasteiger partial charge < -0.3 is 14.8 Å². The number of hydrogen-bond donors (Lipinski definition) is 1. The van der Waals surface area contributed by atoms with Crippen LogP contribution in [0.15, 0.2) is 0 Å². The lowest BCUT2D eigenvalue weighted by molar-refractivity contribution is 0.0807. The third-order valence-electron chi connectivity index (χ3n) is 3.10. The van der Waals surface area contributed by atoms with E-state index in [1.54, 1.807) is 14.2 Å². The zero-order valence-corrected chi connectivity index (χ0v) is 9.47. The molecule has 0 heterocycles. The third kappa shape index (κ3) is 3.56. The van der Waals surface area contributed by atoms with E-state index in [2.05, 4.69) is 5.32 Å². The van der Waals surface area contributed by atoms with Crippen LogP contribution >= 0.6 is 0 Å². The van der Waals surface area contributed by atoms with E-state index in [0.717, 1.165) is 26.3 Å². The molecule has 0 spiro atoms. The van der Waals surface area contributed by atoms with Crippen LogP contribution < -0.4 is 5.32 Å². The quantitative estimate of drug-likeness (QED) is 0.632. The normalized spacial score (nSPS) is 20.1. The van der Waals surface area contributed by atoms with Crippen molar-refractivity contribution in [3.05, 3.63) is 0 Å². The van der Waals surface area contributed by atoms with Crippen LogP contribution in [0.25, 0.3) is 0 Å². The van der Waals surface area contributed by atoms with Crippen molar-refractivity contribution in [2.45, 2.75) is 25.7 Å². The molecule has 0 unspecified atom stereocenters. The summed E-state index contributed by atoms with van der Waals surface area (Å²) in [5, 5.41) is 3.45. The van der Waals surface area contributed by atoms with Crippen LogP contribution in [-0.4, -0.2) is 40.5 Å². The van der Waals surface area contributed by atoms with Crippen molar-refractivity contribution in [1.82, 2.24) is 5.32 Å². The second kappa shape index (κ2) is 6.38. The molecule has 3 nitrogen and oxygen atoms in total. The molecule has 1 fully saturated rings. The van der Waals surface area contributed by atoms with Crippen LogP contribution in [0.5, 0.6) is 0 Å². The van der Waals surface area contributed by atoms with E-state index in [9.17, 15) is 0 Å². The highest BCUT2D eigenvalue weighted by Gasteiger charge is 2.33. The van der Waals surface area contributed by atoms with E-state index < -0.39 is 0 Å². The summed E-state index contributed by atoms with van der Waals surface area (Å²) in [7, 11) is 3.54. The highest BCUT2D eigenvalue weighted by Crippen LogP contribution is 2.37. The summed E-state index contributed by atoms with van der Waals surface area (Å²) in [4.78, 5) is 0. The second-order valence-electron chi connectivity index (χ2n) is 4.31. The summed E-state index contributed by atoms with van der Waals surface area (Å²) >= 11 is 0. The van der Waals surface area contributed by atoms with Gasteiger partial charge in [0.1, 0.15) is 0 Å². The van der Waals surface area contributed by atoms with Crippen molar-refractivity contribution >= 4 is 0 Å². The van der Waals surface area contributed by atoms with Crippen molar-refractivity contribution in [2.24, 2.45) is 5.41 Å². The molecule has 0 aliphatic heterocycles. The zero-order chi connectivity index (χ0) is 10.3. The van der Waals surface area contributed by atoms with Gasteiger partial charge in [-0.2, -0.15) is 0 Å². The Balaban J connectivity index is 2.21. The Hall–Kier alpha value is -0.120. The largest absolute Gasteiger partial charge is 0.384 e. The van der Waals surface area contributed by atoms with Gasteiger partial charge in [-0.3, -0.25) is 0 Å². The molecule has 1 aliphatic rings. The highest BCUT2D eigenvalue weighted by molar-refractivity contribution is 4.86. The average Bonchev–Trinajstić information content (AvgIpc) is 2.63. The molecule has 0 aromatic heterocycles. The third-order valence-corrected chi connectivity index (χ3v) is 3.10. The van der Waals surface area contributed by atoms with Gasteiger partial charge in [0.05, 0.1) is 13.2 Å². The smallest absolute Gasteiger partial charge is 0.0587 e.